The van der Waals surface area contributed by atoms with Crippen molar-refractivity contribution < 1.29 is 13.2 Å². The van der Waals surface area contributed by atoms with Crippen LogP contribution in [0.3, 0.4) is 0 Å². The van der Waals surface area contributed by atoms with Crippen LogP contribution in [0.15, 0.2) is 24.3 Å². The first-order valence-electron chi connectivity index (χ1n) is 5.27. The van der Waals surface area contributed by atoms with Gasteiger partial charge >= 0.3 is 0 Å². The molecule has 0 aromatic heterocycles. The molecule has 2 rings (SSSR count). The fourth-order valence-electron chi connectivity index (χ4n) is 1.89. The summed E-state index contributed by atoms with van der Waals surface area (Å²) in [4.78, 5) is 11.7. The highest BCUT2D eigenvalue weighted by molar-refractivity contribution is 7.89. The third kappa shape index (κ3) is 3.04. The van der Waals surface area contributed by atoms with Crippen molar-refractivity contribution in [1.29, 1.82) is 0 Å². The van der Waals surface area contributed by atoms with Crippen LogP contribution >= 0.6 is 0 Å². The zero-order chi connectivity index (χ0) is 12.5. The molecule has 1 amide bonds. The molecule has 1 aromatic carbocycles. The molecule has 1 aliphatic heterocycles. The smallest absolute Gasteiger partial charge is 0.250 e. The Morgan fingerprint density at radius 2 is 2.00 bits per heavy atom. The average molecular weight is 254 g/mol. The van der Waals surface area contributed by atoms with E-state index in [1.54, 1.807) is 0 Å². The fourth-order valence-corrected chi connectivity index (χ4v) is 2.40. The standard InChI is InChI=1S/C11H14N2O3S/c1-17(15,16)13-11(14)10-6-8-4-2-3-5-9(8)7-12-10/h2-5,10,12H,6-7H2,1H3,(H,13,14)/t10-/m1/s1. The maximum atomic E-state index is 11.7. The van der Waals surface area contributed by atoms with Gasteiger partial charge in [0, 0.05) is 6.54 Å². The number of amides is 1. The summed E-state index contributed by atoms with van der Waals surface area (Å²) in [5, 5.41) is 3.02. The average Bonchev–Trinajstić information content (AvgIpc) is 2.26. The lowest BCUT2D eigenvalue weighted by molar-refractivity contribution is -0.121. The van der Waals surface area contributed by atoms with Gasteiger partial charge in [-0.05, 0) is 17.5 Å². The topological polar surface area (TPSA) is 75.3 Å². The van der Waals surface area contributed by atoms with Crippen LogP contribution in [0.4, 0.5) is 0 Å². The SMILES string of the molecule is CS(=O)(=O)NC(=O)[C@H]1Cc2ccccc2CN1. The summed E-state index contributed by atoms with van der Waals surface area (Å²) in [5.74, 6) is -0.498. The lowest BCUT2D eigenvalue weighted by atomic mass is 9.96. The van der Waals surface area contributed by atoms with Gasteiger partial charge in [0.1, 0.15) is 0 Å². The third-order valence-corrected chi connectivity index (χ3v) is 3.26. The van der Waals surface area contributed by atoms with Crippen molar-refractivity contribution >= 4 is 15.9 Å². The Bertz CT molecular complexity index is 539. The van der Waals surface area contributed by atoms with Crippen LogP contribution in [-0.2, 0) is 27.8 Å². The molecular weight excluding hydrogens is 240 g/mol. The summed E-state index contributed by atoms with van der Waals surface area (Å²) in [6.45, 7) is 0.581. The molecule has 2 N–H and O–H groups in total. The van der Waals surface area contributed by atoms with Crippen LogP contribution in [0.25, 0.3) is 0 Å². The van der Waals surface area contributed by atoms with E-state index in [0.717, 1.165) is 17.4 Å². The van der Waals surface area contributed by atoms with Gasteiger partial charge in [-0.25, -0.2) is 8.42 Å². The Hall–Kier alpha value is -1.40. The minimum Gasteiger partial charge on any atom is -0.301 e. The van der Waals surface area contributed by atoms with Crippen molar-refractivity contribution in [3.8, 4) is 0 Å². The molecule has 5 nitrogen and oxygen atoms in total. The molecule has 6 heteroatoms. The molecule has 17 heavy (non-hydrogen) atoms. The highest BCUT2D eigenvalue weighted by Gasteiger charge is 2.25. The quantitative estimate of drug-likeness (QED) is 0.765. The Kier molecular flexibility index (Phi) is 3.17. The van der Waals surface area contributed by atoms with Gasteiger partial charge in [-0.1, -0.05) is 24.3 Å². The molecule has 92 valence electrons. The second-order valence-electron chi connectivity index (χ2n) is 4.14. The molecular formula is C11H14N2O3S. The van der Waals surface area contributed by atoms with Crippen molar-refractivity contribution in [3.63, 3.8) is 0 Å². The number of carbonyl (C=O) groups is 1. The van der Waals surface area contributed by atoms with Crippen LogP contribution in [0.2, 0.25) is 0 Å². The fraction of sp³-hybridized carbons (Fsp3) is 0.364. The second-order valence-corrected chi connectivity index (χ2v) is 5.89. The van der Waals surface area contributed by atoms with Gasteiger partial charge in [-0.2, -0.15) is 0 Å². The molecule has 1 aliphatic rings. The van der Waals surface area contributed by atoms with Crippen LogP contribution in [0, 0.1) is 0 Å². The van der Waals surface area contributed by atoms with E-state index in [1.165, 1.54) is 0 Å². The Labute approximate surface area is 100 Å². The van der Waals surface area contributed by atoms with E-state index in [9.17, 15) is 13.2 Å². The van der Waals surface area contributed by atoms with Gasteiger partial charge < -0.3 is 5.32 Å². The number of sulfonamides is 1. The van der Waals surface area contributed by atoms with E-state index >= 15 is 0 Å². The van der Waals surface area contributed by atoms with E-state index in [4.69, 9.17) is 0 Å². The summed E-state index contributed by atoms with van der Waals surface area (Å²) in [6.07, 6.45) is 1.49. The van der Waals surface area contributed by atoms with Crippen LogP contribution in [0.1, 0.15) is 11.1 Å². The number of hydrogen-bond donors (Lipinski definition) is 2. The van der Waals surface area contributed by atoms with Gasteiger partial charge in [0.25, 0.3) is 5.91 Å². The van der Waals surface area contributed by atoms with E-state index in [-0.39, 0.29) is 0 Å². The van der Waals surface area contributed by atoms with Crippen molar-refractivity contribution in [2.45, 2.75) is 19.0 Å². The Morgan fingerprint density at radius 1 is 1.35 bits per heavy atom. The monoisotopic (exact) mass is 254 g/mol. The molecule has 0 unspecified atom stereocenters. The summed E-state index contributed by atoms with van der Waals surface area (Å²) >= 11 is 0. The van der Waals surface area contributed by atoms with Gasteiger partial charge in [0.05, 0.1) is 12.3 Å². The van der Waals surface area contributed by atoms with E-state index in [1.807, 2.05) is 29.0 Å². The maximum Gasteiger partial charge on any atom is 0.250 e. The largest absolute Gasteiger partial charge is 0.301 e. The van der Waals surface area contributed by atoms with Crippen LogP contribution in [0.5, 0.6) is 0 Å². The lowest BCUT2D eigenvalue weighted by Crippen LogP contribution is -2.48. The Balaban J connectivity index is 2.10. The third-order valence-electron chi connectivity index (χ3n) is 2.68. The summed E-state index contributed by atoms with van der Waals surface area (Å²) in [5.41, 5.74) is 2.23. The first-order chi connectivity index (χ1) is 7.96. The molecule has 0 bridgehead atoms. The summed E-state index contributed by atoms with van der Waals surface area (Å²) in [7, 11) is -3.49. The summed E-state index contributed by atoms with van der Waals surface area (Å²) in [6, 6.07) is 7.32. The highest BCUT2D eigenvalue weighted by atomic mass is 32.2. The van der Waals surface area contributed by atoms with E-state index < -0.39 is 22.0 Å². The number of hydrogen-bond acceptors (Lipinski definition) is 4. The molecule has 1 atom stereocenters. The Morgan fingerprint density at radius 3 is 2.65 bits per heavy atom. The van der Waals surface area contributed by atoms with E-state index in [2.05, 4.69) is 5.32 Å². The van der Waals surface area contributed by atoms with Crippen molar-refractivity contribution in [2.75, 3.05) is 6.26 Å². The molecule has 0 saturated carbocycles. The number of carbonyl (C=O) groups excluding carboxylic acids is 1. The van der Waals surface area contributed by atoms with Gasteiger partial charge in [0.15, 0.2) is 0 Å². The first kappa shape index (κ1) is 12.1. The molecule has 0 aliphatic carbocycles. The predicted octanol–water partition coefficient (Wildman–Crippen LogP) is -0.223. The molecule has 0 saturated heterocycles. The highest BCUT2D eigenvalue weighted by Crippen LogP contribution is 2.16. The van der Waals surface area contributed by atoms with Crippen molar-refractivity contribution in [3.05, 3.63) is 35.4 Å². The second kappa shape index (κ2) is 4.46. The summed E-state index contributed by atoms with van der Waals surface area (Å²) < 4.78 is 23.9. The number of benzene rings is 1. The van der Waals surface area contributed by atoms with Gasteiger partial charge in [0.2, 0.25) is 10.0 Å². The minimum atomic E-state index is -3.49. The van der Waals surface area contributed by atoms with Crippen LogP contribution in [-0.4, -0.2) is 26.6 Å². The zero-order valence-corrected chi connectivity index (χ0v) is 10.3. The maximum absolute atomic E-state index is 11.7. The number of rotatable bonds is 2. The lowest BCUT2D eigenvalue weighted by Gasteiger charge is -2.24. The molecule has 0 fully saturated rings. The normalized spacial score (nSPS) is 19.5. The molecule has 0 radical (unpaired) electrons. The molecule has 0 spiro atoms. The number of fused-ring (bicyclic) bond motifs is 1. The van der Waals surface area contributed by atoms with Gasteiger partial charge in [-0.3, -0.25) is 9.52 Å². The predicted molar refractivity (Wildman–Crippen MR) is 63.8 cm³/mol. The van der Waals surface area contributed by atoms with Crippen LogP contribution < -0.4 is 10.0 Å². The zero-order valence-electron chi connectivity index (χ0n) is 9.43. The van der Waals surface area contributed by atoms with Crippen molar-refractivity contribution in [1.82, 2.24) is 10.0 Å². The molecule has 1 heterocycles. The first-order valence-corrected chi connectivity index (χ1v) is 7.16. The van der Waals surface area contributed by atoms with Crippen molar-refractivity contribution in [2.24, 2.45) is 0 Å². The van der Waals surface area contributed by atoms with E-state index in [0.29, 0.717) is 13.0 Å². The number of nitrogens with one attached hydrogen (secondary N) is 2. The van der Waals surface area contributed by atoms with Gasteiger partial charge in [-0.15, -0.1) is 0 Å². The molecule has 1 aromatic rings. The minimum absolute atomic E-state index is 0.486.